The molecule has 0 N–H and O–H groups in total. The summed E-state index contributed by atoms with van der Waals surface area (Å²) in [6.45, 7) is 0.102. The van der Waals surface area contributed by atoms with Crippen LogP contribution in [0.5, 0.6) is 0 Å². The van der Waals surface area contributed by atoms with Crippen LogP contribution in [0.25, 0.3) is 0 Å². The summed E-state index contributed by atoms with van der Waals surface area (Å²) in [5.41, 5.74) is 0. The maximum absolute atomic E-state index is 12.4. The summed E-state index contributed by atoms with van der Waals surface area (Å²) >= 11 is 4.38. The van der Waals surface area contributed by atoms with Crippen LogP contribution in [-0.4, -0.2) is 44.7 Å². The fourth-order valence-corrected chi connectivity index (χ4v) is 8.54. The predicted molar refractivity (Wildman–Crippen MR) is 71.9 cm³/mol. The lowest BCUT2D eigenvalue weighted by atomic mass is 10.3. The standard InChI is InChI=1S/C9H10BrNO4S3/c10-8-1-2-9(16-8)18(14,15)11-4-7-3-6(11)5-17(7,12)13/h1-2,6-7H,3-5H2. The molecular weight excluding hydrogens is 362 g/mol. The second-order valence-electron chi connectivity index (χ2n) is 4.47. The number of sulfonamides is 1. The first-order valence-corrected chi connectivity index (χ1v) is 10.1. The lowest BCUT2D eigenvalue weighted by Crippen LogP contribution is -2.43. The summed E-state index contributed by atoms with van der Waals surface area (Å²) in [6, 6.07) is 2.85. The third kappa shape index (κ3) is 1.87. The highest BCUT2D eigenvalue weighted by atomic mass is 79.9. The van der Waals surface area contributed by atoms with Crippen LogP contribution in [0, 0.1) is 0 Å². The average Bonchev–Trinajstić information content (AvgIpc) is 2.89. The molecule has 1 aromatic heterocycles. The zero-order valence-electron chi connectivity index (χ0n) is 9.11. The molecule has 2 fully saturated rings. The molecule has 1 aromatic rings. The Bertz CT molecular complexity index is 693. The summed E-state index contributed by atoms with van der Waals surface area (Å²) < 4.78 is 50.3. The molecule has 0 radical (unpaired) electrons. The number of rotatable bonds is 2. The highest BCUT2D eigenvalue weighted by molar-refractivity contribution is 9.11. The number of thiophene rings is 1. The van der Waals surface area contributed by atoms with E-state index in [0.717, 1.165) is 15.1 Å². The Kier molecular flexibility index (Phi) is 2.91. The van der Waals surface area contributed by atoms with Gasteiger partial charge in [0.05, 0.1) is 14.8 Å². The van der Waals surface area contributed by atoms with E-state index in [1.807, 2.05) is 0 Å². The first kappa shape index (κ1) is 13.0. The summed E-state index contributed by atoms with van der Waals surface area (Å²) in [5.74, 6) is -0.0383. The highest BCUT2D eigenvalue weighted by Gasteiger charge is 2.52. The predicted octanol–water partition coefficient (Wildman–Crippen LogP) is 1.07. The molecule has 2 aliphatic heterocycles. The Balaban J connectivity index is 1.95. The Labute approximate surface area is 118 Å². The number of fused-ring (bicyclic) bond motifs is 2. The van der Waals surface area contributed by atoms with Crippen molar-refractivity contribution in [3.8, 4) is 0 Å². The van der Waals surface area contributed by atoms with Crippen molar-refractivity contribution in [1.82, 2.24) is 4.31 Å². The molecule has 0 saturated carbocycles. The van der Waals surface area contributed by atoms with Gasteiger partial charge in [0, 0.05) is 12.6 Å². The lowest BCUT2D eigenvalue weighted by Gasteiger charge is -2.25. The van der Waals surface area contributed by atoms with Crippen LogP contribution in [0.3, 0.4) is 0 Å². The first-order chi connectivity index (χ1) is 8.30. The van der Waals surface area contributed by atoms with E-state index in [-0.39, 0.29) is 22.5 Å². The van der Waals surface area contributed by atoms with Gasteiger partial charge in [-0.15, -0.1) is 11.3 Å². The number of sulfone groups is 1. The fraction of sp³-hybridized carbons (Fsp3) is 0.556. The van der Waals surface area contributed by atoms with Crippen LogP contribution >= 0.6 is 27.3 Å². The van der Waals surface area contributed by atoms with E-state index in [0.29, 0.717) is 6.42 Å². The first-order valence-electron chi connectivity index (χ1n) is 5.29. The van der Waals surface area contributed by atoms with Crippen LogP contribution in [0.1, 0.15) is 6.42 Å². The molecule has 9 heteroatoms. The Morgan fingerprint density at radius 2 is 2.11 bits per heavy atom. The Morgan fingerprint density at radius 3 is 2.56 bits per heavy atom. The molecule has 3 heterocycles. The fourth-order valence-electron chi connectivity index (χ4n) is 2.51. The second kappa shape index (κ2) is 4.02. The molecule has 3 rings (SSSR count). The number of halogens is 1. The van der Waals surface area contributed by atoms with Crippen LogP contribution in [0.2, 0.25) is 0 Å². The monoisotopic (exact) mass is 371 g/mol. The molecule has 100 valence electrons. The van der Waals surface area contributed by atoms with E-state index >= 15 is 0 Å². The smallest absolute Gasteiger partial charge is 0.228 e. The van der Waals surface area contributed by atoms with E-state index < -0.39 is 25.1 Å². The van der Waals surface area contributed by atoms with Crippen molar-refractivity contribution in [3.05, 3.63) is 15.9 Å². The van der Waals surface area contributed by atoms with E-state index in [9.17, 15) is 16.8 Å². The van der Waals surface area contributed by atoms with Gasteiger partial charge in [-0.25, -0.2) is 16.8 Å². The largest absolute Gasteiger partial charge is 0.252 e. The van der Waals surface area contributed by atoms with Crippen LogP contribution < -0.4 is 0 Å². The van der Waals surface area contributed by atoms with Gasteiger partial charge < -0.3 is 0 Å². The van der Waals surface area contributed by atoms with Gasteiger partial charge in [-0.3, -0.25) is 0 Å². The molecule has 2 unspecified atom stereocenters. The van der Waals surface area contributed by atoms with Crippen molar-refractivity contribution in [2.45, 2.75) is 21.9 Å². The third-order valence-corrected chi connectivity index (χ3v) is 9.59. The van der Waals surface area contributed by atoms with E-state index in [1.165, 1.54) is 4.31 Å². The molecule has 18 heavy (non-hydrogen) atoms. The molecule has 2 aliphatic rings. The van der Waals surface area contributed by atoms with E-state index in [2.05, 4.69) is 15.9 Å². The minimum Gasteiger partial charge on any atom is -0.228 e. The molecule has 5 nitrogen and oxygen atoms in total. The van der Waals surface area contributed by atoms with Crippen molar-refractivity contribution in [3.63, 3.8) is 0 Å². The molecule has 0 aliphatic carbocycles. The number of nitrogens with zero attached hydrogens (tertiary/aromatic N) is 1. The quantitative estimate of drug-likeness (QED) is 0.779. The third-order valence-electron chi connectivity index (χ3n) is 3.37. The summed E-state index contributed by atoms with van der Waals surface area (Å²) in [5, 5.41) is -0.513. The van der Waals surface area contributed by atoms with Crippen molar-refractivity contribution in [2.75, 3.05) is 12.3 Å². The molecule has 0 aromatic carbocycles. The lowest BCUT2D eigenvalue weighted by molar-refractivity contribution is 0.403. The Hall–Kier alpha value is 0.0400. The molecule has 0 spiro atoms. The maximum atomic E-state index is 12.4. The number of hydrogen-bond donors (Lipinski definition) is 0. The molecule has 2 atom stereocenters. The highest BCUT2D eigenvalue weighted by Crippen LogP contribution is 2.38. The van der Waals surface area contributed by atoms with Gasteiger partial charge in [0.2, 0.25) is 0 Å². The van der Waals surface area contributed by atoms with Crippen LogP contribution in [-0.2, 0) is 19.9 Å². The normalized spacial score (nSPS) is 30.9. The molecule has 0 amide bonds. The van der Waals surface area contributed by atoms with Crippen molar-refractivity contribution in [1.29, 1.82) is 0 Å². The van der Waals surface area contributed by atoms with Crippen molar-refractivity contribution < 1.29 is 16.8 Å². The minimum absolute atomic E-state index is 0.0383. The second-order valence-corrected chi connectivity index (χ2v) is 11.4. The van der Waals surface area contributed by atoms with Crippen molar-refractivity contribution in [2.24, 2.45) is 0 Å². The number of hydrogen-bond acceptors (Lipinski definition) is 5. The van der Waals surface area contributed by atoms with Gasteiger partial charge in [0.1, 0.15) is 4.21 Å². The maximum Gasteiger partial charge on any atom is 0.252 e. The zero-order chi connectivity index (χ0) is 13.1. The van der Waals surface area contributed by atoms with Gasteiger partial charge in [-0.1, -0.05) is 0 Å². The summed E-state index contributed by atoms with van der Waals surface area (Å²) in [6.07, 6.45) is 0.439. The minimum atomic E-state index is -3.54. The van der Waals surface area contributed by atoms with Gasteiger partial charge >= 0.3 is 0 Å². The topological polar surface area (TPSA) is 71.5 Å². The average molecular weight is 372 g/mol. The molecule has 2 saturated heterocycles. The van der Waals surface area contributed by atoms with Gasteiger partial charge in [0.25, 0.3) is 10.0 Å². The van der Waals surface area contributed by atoms with Gasteiger partial charge in [-0.05, 0) is 34.5 Å². The summed E-state index contributed by atoms with van der Waals surface area (Å²) in [4.78, 5) is 0. The zero-order valence-corrected chi connectivity index (χ0v) is 13.1. The SMILES string of the molecule is O=S1(=O)CC2CC1CN2S(=O)(=O)c1ccc(Br)s1. The van der Waals surface area contributed by atoms with Crippen molar-refractivity contribution >= 4 is 47.1 Å². The van der Waals surface area contributed by atoms with E-state index in [4.69, 9.17) is 0 Å². The van der Waals surface area contributed by atoms with Crippen LogP contribution in [0.15, 0.2) is 20.1 Å². The van der Waals surface area contributed by atoms with Gasteiger partial charge in [0.15, 0.2) is 9.84 Å². The van der Waals surface area contributed by atoms with Crippen LogP contribution in [0.4, 0.5) is 0 Å². The molecule has 2 bridgehead atoms. The van der Waals surface area contributed by atoms with Gasteiger partial charge in [-0.2, -0.15) is 4.31 Å². The molecular formula is C9H10BrNO4S3. The summed E-state index contributed by atoms with van der Waals surface area (Å²) in [7, 11) is -6.61. The Morgan fingerprint density at radius 1 is 1.39 bits per heavy atom. The van der Waals surface area contributed by atoms with E-state index in [1.54, 1.807) is 12.1 Å².